The summed E-state index contributed by atoms with van der Waals surface area (Å²) in [6.45, 7) is 0.134. The van der Waals surface area contributed by atoms with Crippen LogP contribution < -0.4 is 5.32 Å². The van der Waals surface area contributed by atoms with Crippen LogP contribution in [0.2, 0.25) is 0 Å². The Balaban J connectivity index is 2.24. The Labute approximate surface area is 114 Å². The maximum Gasteiger partial charge on any atom is 0.274 e. The predicted molar refractivity (Wildman–Crippen MR) is 71.5 cm³/mol. The minimum atomic E-state index is -0.625. The van der Waals surface area contributed by atoms with Crippen LogP contribution in [0.3, 0.4) is 0 Å². The van der Waals surface area contributed by atoms with Crippen LogP contribution in [0.4, 0.5) is 15.8 Å². The highest BCUT2D eigenvalue weighted by atomic mass is 19.1. The summed E-state index contributed by atoms with van der Waals surface area (Å²) >= 11 is 0. The van der Waals surface area contributed by atoms with Crippen LogP contribution in [0.25, 0.3) is 0 Å². The molecule has 0 aliphatic rings. The predicted octanol–water partition coefficient (Wildman–Crippen LogP) is 3.22. The number of benzene rings is 2. The third-order valence-corrected chi connectivity index (χ3v) is 2.78. The number of nitro groups is 1. The Morgan fingerprint density at radius 2 is 2.00 bits per heavy atom. The summed E-state index contributed by atoms with van der Waals surface area (Å²) in [6, 6.07) is 12.2. The summed E-state index contributed by atoms with van der Waals surface area (Å²) in [5.74, 6) is -0.625. The molecular weight excluding hydrogens is 261 g/mol. The number of para-hydroxylation sites is 1. The van der Waals surface area contributed by atoms with Crippen LogP contribution >= 0.6 is 0 Å². The lowest BCUT2D eigenvalue weighted by Gasteiger charge is -2.09. The van der Waals surface area contributed by atoms with E-state index in [0.717, 1.165) is 0 Å². The summed E-state index contributed by atoms with van der Waals surface area (Å²) in [7, 11) is 0. The first kappa shape index (κ1) is 13.5. The Morgan fingerprint density at radius 1 is 1.25 bits per heavy atom. The highest BCUT2D eigenvalue weighted by molar-refractivity contribution is 5.58. The molecule has 0 atom stereocenters. The summed E-state index contributed by atoms with van der Waals surface area (Å²) in [6.07, 6.45) is 0. The molecule has 0 bridgehead atoms. The Bertz CT molecular complexity index is 695. The van der Waals surface area contributed by atoms with Crippen molar-refractivity contribution in [2.75, 3.05) is 5.32 Å². The lowest BCUT2D eigenvalue weighted by molar-refractivity contribution is -0.385. The Morgan fingerprint density at radius 3 is 2.70 bits per heavy atom. The van der Waals surface area contributed by atoms with Crippen LogP contribution in [-0.2, 0) is 6.54 Å². The highest BCUT2D eigenvalue weighted by Gasteiger charge is 2.13. The van der Waals surface area contributed by atoms with Gasteiger partial charge in [0.15, 0.2) is 0 Å². The van der Waals surface area contributed by atoms with E-state index in [1.807, 2.05) is 0 Å². The van der Waals surface area contributed by atoms with Crippen LogP contribution in [0.15, 0.2) is 42.5 Å². The molecule has 2 aromatic carbocycles. The third-order valence-electron chi connectivity index (χ3n) is 2.78. The van der Waals surface area contributed by atoms with E-state index in [1.165, 1.54) is 18.2 Å². The van der Waals surface area contributed by atoms with Gasteiger partial charge in [0.1, 0.15) is 17.4 Å². The lowest BCUT2D eigenvalue weighted by Crippen LogP contribution is -2.05. The van der Waals surface area contributed by atoms with Crippen molar-refractivity contribution < 1.29 is 9.31 Å². The molecule has 0 aliphatic carbocycles. The fourth-order valence-corrected chi connectivity index (χ4v) is 1.81. The molecule has 0 saturated heterocycles. The number of nitriles is 1. The van der Waals surface area contributed by atoms with E-state index < -0.39 is 10.7 Å². The van der Waals surface area contributed by atoms with Gasteiger partial charge in [-0.3, -0.25) is 10.1 Å². The highest BCUT2D eigenvalue weighted by Crippen LogP contribution is 2.22. The molecule has 0 unspecified atom stereocenters. The minimum absolute atomic E-state index is 0.0186. The van der Waals surface area contributed by atoms with Gasteiger partial charge >= 0.3 is 0 Å². The molecule has 0 aliphatic heterocycles. The van der Waals surface area contributed by atoms with E-state index in [4.69, 9.17) is 5.26 Å². The van der Waals surface area contributed by atoms with Crippen LogP contribution in [0.5, 0.6) is 0 Å². The largest absolute Gasteiger partial charge is 0.380 e. The van der Waals surface area contributed by atoms with Crippen LogP contribution in [-0.4, -0.2) is 4.92 Å². The smallest absolute Gasteiger partial charge is 0.274 e. The van der Waals surface area contributed by atoms with Gasteiger partial charge in [0, 0.05) is 18.2 Å². The molecule has 0 fully saturated rings. The van der Waals surface area contributed by atoms with E-state index >= 15 is 0 Å². The maximum atomic E-state index is 13.4. The molecule has 2 rings (SSSR count). The minimum Gasteiger partial charge on any atom is -0.380 e. The molecule has 2 aromatic rings. The number of anilines is 1. The van der Waals surface area contributed by atoms with Gasteiger partial charge in [-0.05, 0) is 12.1 Å². The molecule has 0 amide bonds. The van der Waals surface area contributed by atoms with Crippen molar-refractivity contribution in [2.45, 2.75) is 6.54 Å². The van der Waals surface area contributed by atoms with Crippen LogP contribution in [0.1, 0.15) is 11.1 Å². The van der Waals surface area contributed by atoms with Crippen molar-refractivity contribution in [1.82, 2.24) is 0 Å². The number of rotatable bonds is 4. The average Bonchev–Trinajstić information content (AvgIpc) is 2.45. The van der Waals surface area contributed by atoms with E-state index in [1.54, 1.807) is 30.3 Å². The molecule has 0 aromatic heterocycles. The maximum absolute atomic E-state index is 13.4. The molecule has 0 saturated carbocycles. The normalized spacial score (nSPS) is 9.80. The third kappa shape index (κ3) is 2.72. The summed E-state index contributed by atoms with van der Waals surface area (Å²) in [5.41, 5.74) is 0.650. The molecular formula is C14H10FN3O2. The van der Waals surface area contributed by atoms with E-state index in [-0.39, 0.29) is 17.8 Å². The summed E-state index contributed by atoms with van der Waals surface area (Å²) in [5, 5.41) is 22.6. The van der Waals surface area contributed by atoms with E-state index in [0.29, 0.717) is 11.3 Å². The van der Waals surface area contributed by atoms with Crippen molar-refractivity contribution in [3.05, 3.63) is 69.5 Å². The topological polar surface area (TPSA) is 79.0 Å². The van der Waals surface area contributed by atoms with Gasteiger partial charge in [-0.15, -0.1) is 0 Å². The number of hydrogen-bond donors (Lipinski definition) is 1. The molecule has 1 N–H and O–H groups in total. The lowest BCUT2D eigenvalue weighted by atomic mass is 10.1. The second kappa shape index (κ2) is 5.80. The van der Waals surface area contributed by atoms with Crippen molar-refractivity contribution in [3.63, 3.8) is 0 Å². The second-order valence-corrected chi connectivity index (χ2v) is 4.01. The number of nitrogens with one attached hydrogen (secondary N) is 1. The quantitative estimate of drug-likeness (QED) is 0.684. The first-order valence-corrected chi connectivity index (χ1v) is 5.78. The van der Waals surface area contributed by atoms with E-state index in [9.17, 15) is 14.5 Å². The first-order valence-electron chi connectivity index (χ1n) is 5.78. The monoisotopic (exact) mass is 271 g/mol. The molecule has 0 heterocycles. The van der Waals surface area contributed by atoms with Gasteiger partial charge < -0.3 is 5.32 Å². The van der Waals surface area contributed by atoms with Gasteiger partial charge in [-0.1, -0.05) is 24.3 Å². The van der Waals surface area contributed by atoms with Crippen molar-refractivity contribution in [1.29, 1.82) is 5.26 Å². The summed E-state index contributed by atoms with van der Waals surface area (Å²) in [4.78, 5) is 10.4. The molecule has 100 valence electrons. The Hall–Kier alpha value is -2.94. The fourth-order valence-electron chi connectivity index (χ4n) is 1.81. The number of halogens is 1. The SMILES string of the molecule is N#Cc1c(F)cccc1NCc1ccccc1[N+](=O)[O-]. The zero-order valence-electron chi connectivity index (χ0n) is 10.3. The second-order valence-electron chi connectivity index (χ2n) is 4.01. The standard InChI is InChI=1S/C14H10FN3O2/c15-12-5-3-6-13(11(12)8-16)17-9-10-4-1-2-7-14(10)18(19)20/h1-7,17H,9H2. The van der Waals surface area contributed by atoms with Gasteiger partial charge in [-0.2, -0.15) is 5.26 Å². The van der Waals surface area contributed by atoms with Gasteiger partial charge in [0.05, 0.1) is 10.6 Å². The van der Waals surface area contributed by atoms with Crippen LogP contribution in [0, 0.1) is 27.3 Å². The average molecular weight is 271 g/mol. The molecule has 20 heavy (non-hydrogen) atoms. The van der Waals surface area contributed by atoms with Gasteiger partial charge in [0.2, 0.25) is 0 Å². The Kier molecular flexibility index (Phi) is 3.91. The molecule has 5 nitrogen and oxygen atoms in total. The van der Waals surface area contributed by atoms with E-state index in [2.05, 4.69) is 5.32 Å². The number of nitrogens with zero attached hydrogens (tertiary/aromatic N) is 2. The van der Waals surface area contributed by atoms with Gasteiger partial charge in [0.25, 0.3) is 5.69 Å². The molecule has 6 heteroatoms. The van der Waals surface area contributed by atoms with Crippen molar-refractivity contribution in [2.24, 2.45) is 0 Å². The number of nitro benzene ring substituents is 1. The summed E-state index contributed by atoms with van der Waals surface area (Å²) < 4.78 is 13.4. The molecule has 0 radical (unpaired) electrons. The fraction of sp³-hybridized carbons (Fsp3) is 0.0714. The van der Waals surface area contributed by atoms with Crippen molar-refractivity contribution in [3.8, 4) is 6.07 Å². The molecule has 0 spiro atoms. The van der Waals surface area contributed by atoms with Crippen molar-refractivity contribution >= 4 is 11.4 Å². The first-order chi connectivity index (χ1) is 9.63. The number of hydrogen-bond acceptors (Lipinski definition) is 4. The van der Waals surface area contributed by atoms with Gasteiger partial charge in [-0.25, -0.2) is 4.39 Å². The zero-order chi connectivity index (χ0) is 14.5. The zero-order valence-corrected chi connectivity index (χ0v) is 10.3.